The molecule has 0 aliphatic carbocycles. The van der Waals surface area contributed by atoms with Crippen molar-refractivity contribution in [2.45, 2.75) is 36.8 Å². The van der Waals surface area contributed by atoms with Gasteiger partial charge in [-0.3, -0.25) is 4.79 Å². The summed E-state index contributed by atoms with van der Waals surface area (Å²) in [6, 6.07) is 28.2. The molecule has 1 amide bonds. The Bertz CT molecular complexity index is 1520. The molecular weight excluding hydrogens is 556 g/mol. The van der Waals surface area contributed by atoms with Gasteiger partial charge in [-0.2, -0.15) is 0 Å². The van der Waals surface area contributed by atoms with Gasteiger partial charge in [-0.05, 0) is 44.1 Å². The van der Waals surface area contributed by atoms with Crippen molar-refractivity contribution >= 4 is 39.2 Å². The van der Waals surface area contributed by atoms with E-state index in [1.54, 1.807) is 0 Å². The van der Waals surface area contributed by atoms with Crippen LogP contribution in [0.1, 0.15) is 41.9 Å². The molecule has 0 atom stereocenters. The fraction of sp³-hybridized carbons (Fsp3) is 0.344. The summed E-state index contributed by atoms with van der Waals surface area (Å²) >= 11 is 0. The van der Waals surface area contributed by atoms with E-state index in [2.05, 4.69) is 33.9 Å². The van der Waals surface area contributed by atoms with E-state index in [-0.39, 0.29) is 30.8 Å². The Morgan fingerprint density at radius 1 is 0.878 bits per heavy atom. The molecule has 9 heteroatoms. The molecule has 41 heavy (non-hydrogen) atoms. The summed E-state index contributed by atoms with van der Waals surface area (Å²) in [5, 5.41) is 1.24. The Hall–Kier alpha value is -3.17. The summed E-state index contributed by atoms with van der Waals surface area (Å²) in [5.74, 6) is -0.121. The molecule has 4 aromatic rings. The highest BCUT2D eigenvalue weighted by atomic mass is 35.5. The maximum absolute atomic E-state index is 14.3. The zero-order chi connectivity index (χ0) is 28.1. The minimum Gasteiger partial charge on any atom is -0.343 e. The first-order chi connectivity index (χ1) is 19.4. The standard InChI is InChI=1S/C32H38N4O3S.ClH/c1-34(2)23-24-36-28-18-10-9-17-27(28)31(30(25-13-5-3-6-14-25)26-15-7-4-8-16-26)32(36)40(38,39)33-20-12-22-35-21-11-19-29(35)37;/h3-10,13-18,30,33H,11-12,19-24H2,1-2H3;1H. The Morgan fingerprint density at radius 2 is 1.49 bits per heavy atom. The van der Waals surface area contributed by atoms with Gasteiger partial charge < -0.3 is 14.4 Å². The van der Waals surface area contributed by atoms with Crippen molar-refractivity contribution in [3.05, 3.63) is 102 Å². The zero-order valence-corrected chi connectivity index (χ0v) is 25.3. The first-order valence-electron chi connectivity index (χ1n) is 14.0. The SMILES string of the molecule is CN(C)CCn1c(S(=O)(=O)NCCCN2CCCC2=O)c(C(c2ccccc2)c2ccccc2)c2ccccc21.Cl. The highest BCUT2D eigenvalue weighted by Crippen LogP contribution is 2.41. The molecule has 1 N–H and O–H groups in total. The van der Waals surface area contributed by atoms with E-state index in [4.69, 9.17) is 0 Å². The molecule has 1 aliphatic heterocycles. The maximum atomic E-state index is 14.3. The van der Waals surface area contributed by atoms with E-state index in [9.17, 15) is 13.2 Å². The van der Waals surface area contributed by atoms with Gasteiger partial charge in [-0.15, -0.1) is 12.4 Å². The molecule has 1 aromatic heterocycles. The lowest BCUT2D eigenvalue weighted by Gasteiger charge is -2.22. The second kappa shape index (κ2) is 13.7. The second-order valence-corrected chi connectivity index (χ2v) is 12.4. The largest absolute Gasteiger partial charge is 0.343 e. The predicted molar refractivity (Wildman–Crippen MR) is 167 cm³/mol. The number of sulfonamides is 1. The predicted octanol–water partition coefficient (Wildman–Crippen LogP) is 5.10. The van der Waals surface area contributed by atoms with Crippen LogP contribution in [0.25, 0.3) is 10.9 Å². The van der Waals surface area contributed by atoms with E-state index in [1.807, 2.05) is 84.2 Å². The first kappa shape index (κ1) is 30.8. The number of likely N-dealkylation sites (tertiary alicyclic amines) is 1. The molecule has 0 radical (unpaired) electrons. The van der Waals surface area contributed by atoms with Crippen LogP contribution in [0.3, 0.4) is 0 Å². The van der Waals surface area contributed by atoms with Crippen LogP contribution in [-0.2, 0) is 21.4 Å². The molecule has 2 heterocycles. The number of fused-ring (bicyclic) bond motifs is 1. The molecule has 0 spiro atoms. The Morgan fingerprint density at radius 3 is 2.07 bits per heavy atom. The van der Waals surface area contributed by atoms with E-state index in [0.29, 0.717) is 37.5 Å². The van der Waals surface area contributed by atoms with E-state index in [0.717, 1.165) is 40.6 Å². The number of carbonyl (C=O) groups excluding carboxylic acids is 1. The van der Waals surface area contributed by atoms with Gasteiger partial charge in [-0.25, -0.2) is 13.1 Å². The third kappa shape index (κ3) is 6.84. The molecule has 0 saturated carbocycles. The van der Waals surface area contributed by atoms with Gasteiger partial charge in [0, 0.05) is 61.5 Å². The lowest BCUT2D eigenvalue weighted by Crippen LogP contribution is -2.32. The number of rotatable bonds is 12. The molecule has 0 bridgehead atoms. The second-order valence-electron chi connectivity index (χ2n) is 10.7. The first-order valence-corrected chi connectivity index (χ1v) is 15.5. The van der Waals surface area contributed by atoms with Crippen molar-refractivity contribution in [3.63, 3.8) is 0 Å². The third-order valence-electron chi connectivity index (χ3n) is 7.61. The quantitative estimate of drug-likeness (QED) is 0.232. The molecule has 1 saturated heterocycles. The summed E-state index contributed by atoms with van der Waals surface area (Å²) in [4.78, 5) is 15.9. The van der Waals surface area contributed by atoms with Gasteiger partial charge >= 0.3 is 0 Å². The minimum absolute atomic E-state index is 0. The highest BCUT2D eigenvalue weighted by Gasteiger charge is 2.33. The summed E-state index contributed by atoms with van der Waals surface area (Å²) < 4.78 is 33.4. The molecular formula is C32H39ClN4O3S. The van der Waals surface area contributed by atoms with Crippen LogP contribution in [0.15, 0.2) is 90.0 Å². The minimum atomic E-state index is -3.91. The van der Waals surface area contributed by atoms with Gasteiger partial charge in [-0.1, -0.05) is 78.9 Å². The van der Waals surface area contributed by atoms with E-state index < -0.39 is 10.0 Å². The van der Waals surface area contributed by atoms with Crippen molar-refractivity contribution in [3.8, 4) is 0 Å². The number of hydrogen-bond acceptors (Lipinski definition) is 4. The molecule has 218 valence electrons. The van der Waals surface area contributed by atoms with Crippen molar-refractivity contribution < 1.29 is 13.2 Å². The number of aromatic nitrogens is 1. The number of nitrogens with zero attached hydrogens (tertiary/aromatic N) is 3. The van der Waals surface area contributed by atoms with Gasteiger partial charge in [0.2, 0.25) is 5.91 Å². The Labute approximate surface area is 249 Å². The van der Waals surface area contributed by atoms with Crippen LogP contribution < -0.4 is 4.72 Å². The van der Waals surface area contributed by atoms with Crippen molar-refractivity contribution in [2.24, 2.45) is 0 Å². The number of likely N-dealkylation sites (N-methyl/N-ethyl adjacent to an activating group) is 1. The van der Waals surface area contributed by atoms with Crippen LogP contribution >= 0.6 is 12.4 Å². The van der Waals surface area contributed by atoms with Crippen LogP contribution in [-0.4, -0.2) is 69.0 Å². The van der Waals surface area contributed by atoms with E-state index >= 15 is 0 Å². The zero-order valence-electron chi connectivity index (χ0n) is 23.7. The lowest BCUT2D eigenvalue weighted by atomic mass is 9.85. The Balaban J connectivity index is 0.00000387. The lowest BCUT2D eigenvalue weighted by molar-refractivity contribution is -0.127. The van der Waals surface area contributed by atoms with Crippen LogP contribution in [0.4, 0.5) is 0 Å². The average molecular weight is 595 g/mol. The van der Waals surface area contributed by atoms with E-state index in [1.165, 1.54) is 0 Å². The Kier molecular flexibility index (Phi) is 10.3. The molecule has 5 rings (SSSR count). The smallest absolute Gasteiger partial charge is 0.256 e. The van der Waals surface area contributed by atoms with Crippen molar-refractivity contribution in [1.82, 2.24) is 19.1 Å². The number of carbonyl (C=O) groups is 1. The normalized spacial score (nSPS) is 13.9. The summed E-state index contributed by atoms with van der Waals surface area (Å²) in [5.41, 5.74) is 3.76. The molecule has 7 nitrogen and oxygen atoms in total. The summed E-state index contributed by atoms with van der Waals surface area (Å²) in [7, 11) is 0.0803. The van der Waals surface area contributed by atoms with Gasteiger partial charge in [0.15, 0.2) is 5.03 Å². The summed E-state index contributed by atoms with van der Waals surface area (Å²) in [6.45, 7) is 2.81. The molecule has 1 fully saturated rings. The van der Waals surface area contributed by atoms with Crippen LogP contribution in [0, 0.1) is 0 Å². The van der Waals surface area contributed by atoms with Crippen molar-refractivity contribution in [2.75, 3.05) is 40.3 Å². The van der Waals surface area contributed by atoms with Crippen LogP contribution in [0.2, 0.25) is 0 Å². The number of amides is 1. The average Bonchev–Trinajstić information content (AvgIpc) is 3.52. The van der Waals surface area contributed by atoms with Gasteiger partial charge in [0.1, 0.15) is 0 Å². The number of benzene rings is 3. The summed E-state index contributed by atoms with van der Waals surface area (Å²) in [6.07, 6.45) is 2.03. The topological polar surface area (TPSA) is 74.7 Å². The fourth-order valence-corrected chi connectivity index (χ4v) is 7.25. The number of halogens is 1. The number of para-hydroxylation sites is 1. The van der Waals surface area contributed by atoms with Crippen LogP contribution in [0.5, 0.6) is 0 Å². The number of nitrogens with one attached hydrogen (secondary N) is 1. The molecule has 0 unspecified atom stereocenters. The highest BCUT2D eigenvalue weighted by molar-refractivity contribution is 7.89. The van der Waals surface area contributed by atoms with Gasteiger partial charge in [0.05, 0.1) is 0 Å². The maximum Gasteiger partial charge on any atom is 0.256 e. The van der Waals surface area contributed by atoms with Gasteiger partial charge in [0.25, 0.3) is 10.0 Å². The fourth-order valence-electron chi connectivity index (χ4n) is 5.70. The molecule has 3 aromatic carbocycles. The monoisotopic (exact) mass is 594 g/mol. The third-order valence-corrected chi connectivity index (χ3v) is 9.14. The number of hydrogen-bond donors (Lipinski definition) is 1. The van der Waals surface area contributed by atoms with Crippen molar-refractivity contribution in [1.29, 1.82) is 0 Å². The molecule has 1 aliphatic rings.